The van der Waals surface area contributed by atoms with Crippen LogP contribution in [0.5, 0.6) is 5.75 Å². The Bertz CT molecular complexity index is 421. The molecule has 5 nitrogen and oxygen atoms in total. The van der Waals surface area contributed by atoms with Crippen LogP contribution in [0.1, 0.15) is 18.1 Å². The summed E-state index contributed by atoms with van der Waals surface area (Å²) in [7, 11) is 3.29. The van der Waals surface area contributed by atoms with Gasteiger partial charge in [0.1, 0.15) is 5.75 Å². The lowest BCUT2D eigenvalue weighted by Gasteiger charge is -2.21. The van der Waals surface area contributed by atoms with Gasteiger partial charge in [-0.05, 0) is 24.2 Å². The van der Waals surface area contributed by atoms with Crippen LogP contribution in [0.15, 0.2) is 18.2 Å². The molecule has 1 aromatic carbocycles. The number of hydrogen-bond donors (Lipinski definition) is 2. The quantitative estimate of drug-likeness (QED) is 0.762. The van der Waals surface area contributed by atoms with Crippen LogP contribution in [0, 0.1) is 0 Å². The Kier molecular flexibility index (Phi) is 6.32. The first-order valence-corrected chi connectivity index (χ1v) is 6.43. The fraction of sp³-hybridized carbons (Fsp3) is 0.500. The van der Waals surface area contributed by atoms with Gasteiger partial charge in [0.25, 0.3) is 0 Å². The van der Waals surface area contributed by atoms with Crippen molar-refractivity contribution in [1.82, 2.24) is 10.2 Å². The molecule has 0 spiro atoms. The van der Waals surface area contributed by atoms with Gasteiger partial charge in [-0.2, -0.15) is 0 Å². The van der Waals surface area contributed by atoms with Crippen molar-refractivity contribution >= 4 is 5.91 Å². The number of nitrogens with two attached hydrogens (primary N) is 1. The molecule has 0 unspecified atom stereocenters. The Morgan fingerprint density at radius 2 is 2.21 bits per heavy atom. The highest BCUT2D eigenvalue weighted by Gasteiger charge is 2.12. The molecule has 5 heteroatoms. The number of hydrogen-bond acceptors (Lipinski definition) is 4. The van der Waals surface area contributed by atoms with Gasteiger partial charge in [0.05, 0.1) is 13.7 Å². The van der Waals surface area contributed by atoms with Gasteiger partial charge in [0.2, 0.25) is 5.91 Å². The van der Waals surface area contributed by atoms with Crippen LogP contribution in [0.3, 0.4) is 0 Å². The van der Waals surface area contributed by atoms with Crippen molar-refractivity contribution < 1.29 is 9.53 Å². The third-order valence-electron chi connectivity index (χ3n) is 3.07. The van der Waals surface area contributed by atoms with Crippen molar-refractivity contribution in [1.29, 1.82) is 0 Å². The highest BCUT2D eigenvalue weighted by molar-refractivity contribution is 5.77. The van der Waals surface area contributed by atoms with E-state index in [0.29, 0.717) is 19.6 Å². The first-order chi connectivity index (χ1) is 9.14. The molecule has 0 heterocycles. The lowest BCUT2D eigenvalue weighted by Crippen LogP contribution is -2.35. The molecular formula is C14H23N3O2. The molecule has 19 heavy (non-hydrogen) atoms. The summed E-state index contributed by atoms with van der Waals surface area (Å²) >= 11 is 0. The Hall–Kier alpha value is -1.59. The zero-order valence-corrected chi connectivity index (χ0v) is 11.9. The summed E-state index contributed by atoms with van der Waals surface area (Å²) in [4.78, 5) is 13.5. The summed E-state index contributed by atoms with van der Waals surface area (Å²) in [5, 5.41) is 2.63. The van der Waals surface area contributed by atoms with Crippen molar-refractivity contribution in [3.05, 3.63) is 29.3 Å². The fourth-order valence-corrected chi connectivity index (χ4v) is 1.89. The number of methoxy groups -OCH3 is 1. The number of rotatable bonds is 7. The molecule has 0 saturated heterocycles. The maximum atomic E-state index is 11.4. The largest absolute Gasteiger partial charge is 0.496 e. The zero-order valence-electron chi connectivity index (χ0n) is 11.9. The maximum Gasteiger partial charge on any atom is 0.233 e. The number of amides is 1. The molecule has 0 aliphatic heterocycles. The second-order valence-electron chi connectivity index (χ2n) is 4.33. The molecule has 0 aliphatic carbocycles. The molecule has 0 bridgehead atoms. The Morgan fingerprint density at radius 3 is 2.74 bits per heavy atom. The molecule has 1 amide bonds. The standard InChI is InChI=1S/C14H23N3O2/c1-4-17(10-14(18)16-2)9-12-7-11(8-15)5-6-13(12)19-3/h5-7H,4,8-10,15H2,1-3H3,(H,16,18). The van der Waals surface area contributed by atoms with E-state index in [1.807, 2.05) is 25.1 Å². The van der Waals surface area contributed by atoms with Gasteiger partial charge in [0.15, 0.2) is 0 Å². The van der Waals surface area contributed by atoms with Gasteiger partial charge >= 0.3 is 0 Å². The summed E-state index contributed by atoms with van der Waals surface area (Å²) in [6, 6.07) is 5.91. The summed E-state index contributed by atoms with van der Waals surface area (Å²) in [6.07, 6.45) is 0. The van der Waals surface area contributed by atoms with Crippen molar-refractivity contribution in [2.24, 2.45) is 5.73 Å². The summed E-state index contributed by atoms with van der Waals surface area (Å²) in [5.41, 5.74) is 7.77. The maximum absolute atomic E-state index is 11.4. The Balaban J connectivity index is 2.85. The normalized spacial score (nSPS) is 10.6. The molecule has 0 radical (unpaired) electrons. The van der Waals surface area contributed by atoms with Crippen LogP contribution < -0.4 is 15.8 Å². The molecule has 1 aromatic rings. The molecule has 0 aromatic heterocycles. The molecule has 0 fully saturated rings. The molecule has 106 valence electrons. The van der Waals surface area contributed by atoms with Crippen molar-refractivity contribution in [3.63, 3.8) is 0 Å². The summed E-state index contributed by atoms with van der Waals surface area (Å²) in [6.45, 7) is 4.37. The van der Waals surface area contributed by atoms with Gasteiger partial charge in [0, 0.05) is 25.7 Å². The lowest BCUT2D eigenvalue weighted by molar-refractivity contribution is -0.121. The molecule has 3 N–H and O–H groups in total. The minimum absolute atomic E-state index is 0.01000. The topological polar surface area (TPSA) is 67.6 Å². The molecular weight excluding hydrogens is 242 g/mol. The van der Waals surface area contributed by atoms with Gasteiger partial charge in [-0.3, -0.25) is 9.69 Å². The fourth-order valence-electron chi connectivity index (χ4n) is 1.89. The van der Waals surface area contributed by atoms with Crippen LogP contribution in [0.2, 0.25) is 0 Å². The average molecular weight is 265 g/mol. The van der Waals surface area contributed by atoms with E-state index >= 15 is 0 Å². The third kappa shape index (κ3) is 4.54. The third-order valence-corrected chi connectivity index (χ3v) is 3.07. The molecule has 0 aliphatic rings. The van der Waals surface area contributed by atoms with E-state index in [-0.39, 0.29) is 5.91 Å². The molecule has 0 atom stereocenters. The predicted molar refractivity (Wildman–Crippen MR) is 75.9 cm³/mol. The van der Waals surface area contributed by atoms with Crippen LogP contribution in [-0.2, 0) is 17.9 Å². The van der Waals surface area contributed by atoms with Crippen molar-refractivity contribution in [2.75, 3.05) is 27.2 Å². The second kappa shape index (κ2) is 7.76. The Morgan fingerprint density at radius 1 is 1.47 bits per heavy atom. The Labute approximate surface area is 114 Å². The number of benzene rings is 1. The monoisotopic (exact) mass is 265 g/mol. The van der Waals surface area contributed by atoms with Crippen LogP contribution in [0.25, 0.3) is 0 Å². The van der Waals surface area contributed by atoms with E-state index in [1.54, 1.807) is 14.2 Å². The highest BCUT2D eigenvalue weighted by Crippen LogP contribution is 2.21. The van der Waals surface area contributed by atoms with Gasteiger partial charge < -0.3 is 15.8 Å². The number of ether oxygens (including phenoxy) is 1. The second-order valence-corrected chi connectivity index (χ2v) is 4.33. The van der Waals surface area contributed by atoms with Crippen LogP contribution in [0.4, 0.5) is 0 Å². The molecule has 0 saturated carbocycles. The first-order valence-electron chi connectivity index (χ1n) is 6.43. The van der Waals surface area contributed by atoms with Crippen LogP contribution in [-0.4, -0.2) is 38.1 Å². The van der Waals surface area contributed by atoms with Crippen molar-refractivity contribution in [2.45, 2.75) is 20.0 Å². The van der Waals surface area contributed by atoms with Crippen molar-refractivity contribution in [3.8, 4) is 5.75 Å². The number of carbonyl (C=O) groups is 1. The summed E-state index contributed by atoms with van der Waals surface area (Å²) < 4.78 is 5.35. The van der Waals surface area contributed by atoms with Gasteiger partial charge in [-0.15, -0.1) is 0 Å². The van der Waals surface area contributed by atoms with E-state index in [1.165, 1.54) is 0 Å². The predicted octanol–water partition coefficient (Wildman–Crippen LogP) is 0.722. The molecule has 1 rings (SSSR count). The number of carbonyl (C=O) groups excluding carboxylic acids is 1. The smallest absolute Gasteiger partial charge is 0.233 e. The number of nitrogens with zero attached hydrogens (tertiary/aromatic N) is 1. The highest BCUT2D eigenvalue weighted by atomic mass is 16.5. The minimum Gasteiger partial charge on any atom is -0.496 e. The lowest BCUT2D eigenvalue weighted by atomic mass is 10.1. The minimum atomic E-state index is 0.01000. The van der Waals surface area contributed by atoms with Gasteiger partial charge in [-0.1, -0.05) is 13.0 Å². The average Bonchev–Trinajstić information content (AvgIpc) is 2.45. The van der Waals surface area contributed by atoms with E-state index in [9.17, 15) is 4.79 Å². The van der Waals surface area contributed by atoms with E-state index < -0.39 is 0 Å². The summed E-state index contributed by atoms with van der Waals surface area (Å²) in [5.74, 6) is 0.836. The van der Waals surface area contributed by atoms with Gasteiger partial charge in [-0.25, -0.2) is 0 Å². The zero-order chi connectivity index (χ0) is 14.3. The first kappa shape index (κ1) is 15.5. The van der Waals surface area contributed by atoms with E-state index in [4.69, 9.17) is 10.5 Å². The number of likely N-dealkylation sites (N-methyl/N-ethyl adjacent to an activating group) is 2. The van der Waals surface area contributed by atoms with E-state index in [0.717, 1.165) is 23.4 Å². The SMILES string of the molecule is CCN(CC(=O)NC)Cc1cc(CN)ccc1OC. The van der Waals surface area contributed by atoms with Crippen LogP contribution >= 0.6 is 0 Å². The van der Waals surface area contributed by atoms with E-state index in [2.05, 4.69) is 10.2 Å². The number of nitrogens with one attached hydrogen (secondary N) is 1.